The molecule has 3 aromatic rings. The third-order valence-electron chi connectivity index (χ3n) is 5.53. The zero-order valence-corrected chi connectivity index (χ0v) is 17.9. The summed E-state index contributed by atoms with van der Waals surface area (Å²) in [7, 11) is 0. The van der Waals surface area contributed by atoms with Gasteiger partial charge in [-0.25, -0.2) is 9.37 Å². The lowest BCUT2D eigenvalue weighted by molar-refractivity contribution is -0.122. The number of aromatic nitrogens is 1. The van der Waals surface area contributed by atoms with Crippen LogP contribution in [0.4, 0.5) is 4.39 Å². The number of piperidine rings is 1. The molecule has 0 radical (unpaired) electrons. The number of carbonyl (C=O) groups excluding carboxylic acids is 1. The van der Waals surface area contributed by atoms with Gasteiger partial charge in [-0.05, 0) is 42.7 Å². The zero-order chi connectivity index (χ0) is 21.6. The molecule has 1 amide bonds. The summed E-state index contributed by atoms with van der Waals surface area (Å²) in [5, 5.41) is 3.73. The van der Waals surface area contributed by atoms with Crippen LogP contribution < -0.4 is 5.32 Å². The summed E-state index contributed by atoms with van der Waals surface area (Å²) in [6.45, 7) is 2.62. The molecule has 4 rings (SSSR count). The number of amides is 1. The minimum atomic E-state index is -0.213. The first-order valence-corrected chi connectivity index (χ1v) is 10.9. The number of benzene rings is 2. The van der Waals surface area contributed by atoms with Gasteiger partial charge < -0.3 is 9.73 Å². The molecule has 0 aliphatic carbocycles. The Morgan fingerprint density at radius 2 is 1.90 bits per heavy atom. The Kier molecular flexibility index (Phi) is 6.99. The molecule has 0 spiro atoms. The van der Waals surface area contributed by atoms with Gasteiger partial charge in [0, 0.05) is 44.1 Å². The molecular formula is C24H25ClFN3O2. The first-order chi connectivity index (χ1) is 15.1. The maximum atomic E-state index is 13.0. The molecular weight excluding hydrogens is 417 g/mol. The molecule has 1 aliphatic rings. The summed E-state index contributed by atoms with van der Waals surface area (Å²) in [5.74, 6) is 0.929. The largest absolute Gasteiger partial charge is 0.441 e. The van der Waals surface area contributed by atoms with E-state index in [4.69, 9.17) is 16.0 Å². The van der Waals surface area contributed by atoms with E-state index in [9.17, 15) is 9.18 Å². The molecule has 7 heteroatoms. The molecule has 5 nitrogen and oxygen atoms in total. The maximum Gasteiger partial charge on any atom is 0.220 e. The Labute approximate surface area is 186 Å². The number of halogens is 2. The lowest BCUT2D eigenvalue weighted by Crippen LogP contribution is -2.44. The van der Waals surface area contributed by atoms with Crippen molar-refractivity contribution in [2.45, 2.75) is 38.3 Å². The molecule has 1 fully saturated rings. The van der Waals surface area contributed by atoms with Crippen molar-refractivity contribution in [3.63, 3.8) is 0 Å². The minimum Gasteiger partial charge on any atom is -0.441 e. The third kappa shape index (κ3) is 5.93. The molecule has 0 saturated carbocycles. The van der Waals surface area contributed by atoms with Gasteiger partial charge in [0.05, 0.1) is 11.2 Å². The molecule has 0 bridgehead atoms. The van der Waals surface area contributed by atoms with Gasteiger partial charge in [-0.15, -0.1) is 0 Å². The second-order valence-corrected chi connectivity index (χ2v) is 8.25. The first-order valence-electron chi connectivity index (χ1n) is 10.5. The Morgan fingerprint density at radius 3 is 2.65 bits per heavy atom. The van der Waals surface area contributed by atoms with E-state index in [1.165, 1.54) is 12.1 Å². The van der Waals surface area contributed by atoms with Crippen molar-refractivity contribution in [3.8, 4) is 11.3 Å². The number of likely N-dealkylation sites (tertiary alicyclic amines) is 1. The van der Waals surface area contributed by atoms with Crippen molar-refractivity contribution in [2.24, 2.45) is 0 Å². The first kappa shape index (κ1) is 21.5. The van der Waals surface area contributed by atoms with Gasteiger partial charge in [0.25, 0.3) is 0 Å². The molecule has 1 aliphatic heterocycles. The molecule has 31 heavy (non-hydrogen) atoms. The van der Waals surface area contributed by atoms with Crippen LogP contribution in [0.3, 0.4) is 0 Å². The molecule has 1 aromatic heterocycles. The Morgan fingerprint density at radius 1 is 1.16 bits per heavy atom. The van der Waals surface area contributed by atoms with Crippen molar-refractivity contribution in [2.75, 3.05) is 13.1 Å². The number of aryl methyl sites for hydroxylation is 1. The van der Waals surface area contributed by atoms with E-state index in [1.807, 2.05) is 30.3 Å². The number of nitrogens with one attached hydrogen (secondary N) is 1. The third-order valence-corrected chi connectivity index (χ3v) is 5.86. The van der Waals surface area contributed by atoms with Gasteiger partial charge in [-0.2, -0.15) is 0 Å². The van der Waals surface area contributed by atoms with Gasteiger partial charge in [0.2, 0.25) is 5.91 Å². The van der Waals surface area contributed by atoms with Crippen LogP contribution >= 0.6 is 11.6 Å². The van der Waals surface area contributed by atoms with Crippen molar-refractivity contribution in [1.29, 1.82) is 0 Å². The average Bonchev–Trinajstić information content (AvgIpc) is 3.24. The highest BCUT2D eigenvalue weighted by Crippen LogP contribution is 2.28. The second-order valence-electron chi connectivity index (χ2n) is 7.84. The molecule has 0 unspecified atom stereocenters. The fourth-order valence-corrected chi connectivity index (χ4v) is 4.04. The molecule has 2 aromatic carbocycles. The van der Waals surface area contributed by atoms with Crippen LogP contribution in [0.2, 0.25) is 5.02 Å². The van der Waals surface area contributed by atoms with Crippen LogP contribution in [0.25, 0.3) is 11.3 Å². The number of rotatable bonds is 7. The quantitative estimate of drug-likeness (QED) is 0.569. The van der Waals surface area contributed by atoms with Crippen LogP contribution in [0.5, 0.6) is 0 Å². The van der Waals surface area contributed by atoms with E-state index >= 15 is 0 Å². The summed E-state index contributed by atoms with van der Waals surface area (Å²) in [6, 6.07) is 14.2. The van der Waals surface area contributed by atoms with Crippen molar-refractivity contribution in [3.05, 3.63) is 77.0 Å². The Balaban J connectivity index is 1.20. The predicted molar refractivity (Wildman–Crippen MR) is 118 cm³/mol. The van der Waals surface area contributed by atoms with Crippen molar-refractivity contribution in [1.82, 2.24) is 15.2 Å². The van der Waals surface area contributed by atoms with Crippen LogP contribution in [-0.4, -0.2) is 34.9 Å². The van der Waals surface area contributed by atoms with Gasteiger partial charge >= 0.3 is 0 Å². The van der Waals surface area contributed by atoms with Gasteiger partial charge in [-0.1, -0.05) is 35.9 Å². The van der Waals surface area contributed by atoms with E-state index in [0.717, 1.165) is 43.6 Å². The second kappa shape index (κ2) is 10.1. The highest BCUT2D eigenvalue weighted by Gasteiger charge is 2.21. The molecule has 1 N–H and O–H groups in total. The smallest absolute Gasteiger partial charge is 0.220 e. The van der Waals surface area contributed by atoms with E-state index in [1.54, 1.807) is 12.3 Å². The van der Waals surface area contributed by atoms with E-state index in [-0.39, 0.29) is 17.8 Å². The maximum absolute atomic E-state index is 13.0. The van der Waals surface area contributed by atoms with Crippen LogP contribution in [0.1, 0.15) is 30.7 Å². The fourth-order valence-electron chi connectivity index (χ4n) is 3.82. The molecule has 2 heterocycles. The lowest BCUT2D eigenvalue weighted by Gasteiger charge is -2.32. The number of hydrogen-bond acceptors (Lipinski definition) is 4. The Hall–Kier alpha value is -2.70. The fraction of sp³-hybridized carbons (Fsp3) is 0.333. The highest BCUT2D eigenvalue weighted by molar-refractivity contribution is 6.33. The van der Waals surface area contributed by atoms with Crippen LogP contribution in [-0.2, 0) is 17.8 Å². The molecule has 162 valence electrons. The van der Waals surface area contributed by atoms with E-state index in [2.05, 4.69) is 15.2 Å². The van der Waals surface area contributed by atoms with E-state index in [0.29, 0.717) is 29.5 Å². The molecule has 1 saturated heterocycles. The highest BCUT2D eigenvalue weighted by atomic mass is 35.5. The summed E-state index contributed by atoms with van der Waals surface area (Å²) in [5.41, 5.74) is 1.89. The molecule has 0 atom stereocenters. The van der Waals surface area contributed by atoms with E-state index < -0.39 is 0 Å². The zero-order valence-electron chi connectivity index (χ0n) is 17.2. The van der Waals surface area contributed by atoms with Crippen LogP contribution in [0.15, 0.2) is 59.1 Å². The standard InChI is InChI=1S/C24H25ClFN3O2/c25-21-4-2-1-3-20(21)22-15-27-24(31-22)10-9-23(30)28-19-11-13-29(14-12-19)16-17-5-7-18(26)8-6-17/h1-8,15,19H,9-14,16H2,(H,28,30). The average molecular weight is 442 g/mol. The van der Waals surface area contributed by atoms with Gasteiger partial charge in [-0.3, -0.25) is 9.69 Å². The number of nitrogens with zero attached hydrogens (tertiary/aromatic N) is 2. The van der Waals surface area contributed by atoms with Crippen molar-refractivity contribution < 1.29 is 13.6 Å². The number of carbonyl (C=O) groups is 1. The summed E-state index contributed by atoms with van der Waals surface area (Å²) in [6.07, 6.45) is 4.23. The monoisotopic (exact) mass is 441 g/mol. The van der Waals surface area contributed by atoms with Gasteiger partial charge in [0.15, 0.2) is 11.7 Å². The van der Waals surface area contributed by atoms with Gasteiger partial charge in [0.1, 0.15) is 5.82 Å². The van der Waals surface area contributed by atoms with Crippen LogP contribution in [0, 0.1) is 5.82 Å². The number of oxazole rings is 1. The topological polar surface area (TPSA) is 58.4 Å². The normalized spacial score (nSPS) is 15.2. The summed E-state index contributed by atoms with van der Waals surface area (Å²) >= 11 is 6.20. The SMILES string of the molecule is O=C(CCc1ncc(-c2ccccc2Cl)o1)NC1CCN(Cc2ccc(F)cc2)CC1. The predicted octanol–water partition coefficient (Wildman–Crippen LogP) is 4.85. The van der Waals surface area contributed by atoms with Crippen molar-refractivity contribution >= 4 is 17.5 Å². The number of hydrogen-bond donors (Lipinski definition) is 1. The lowest BCUT2D eigenvalue weighted by atomic mass is 10.0. The minimum absolute atomic E-state index is 0.00878. The summed E-state index contributed by atoms with van der Waals surface area (Å²) in [4.78, 5) is 19.0. The summed E-state index contributed by atoms with van der Waals surface area (Å²) < 4.78 is 18.8. The Bertz CT molecular complexity index is 1010.